The monoisotopic (exact) mass is 170 g/mol. The Morgan fingerprint density at radius 2 is 1.75 bits per heavy atom. The number of hydrogen-bond donors (Lipinski definition) is 0. The molecular weight excluding hydrogens is 148 g/mol. The minimum atomic E-state index is 0.739. The van der Waals surface area contributed by atoms with Crippen LogP contribution >= 0.6 is 0 Å². The molecule has 0 aliphatic rings. The molecule has 1 heteroatoms. The van der Waals surface area contributed by atoms with E-state index >= 15 is 0 Å². The molecule has 0 aromatic heterocycles. The zero-order valence-corrected chi connectivity index (χ0v) is 8.68. The quantitative estimate of drug-likeness (QED) is 0.422. The minimum absolute atomic E-state index is 0.739. The molecule has 0 amide bonds. The Kier molecular flexibility index (Phi) is 7.12. The van der Waals surface area contributed by atoms with E-state index in [4.69, 9.17) is 0 Å². The van der Waals surface area contributed by atoms with Crippen LogP contribution in [0.2, 0.25) is 0 Å². The van der Waals surface area contributed by atoms with Gasteiger partial charge in [0.25, 0.3) is 0 Å². The maximum absolute atomic E-state index is 10.1. The number of rotatable bonds is 7. The Morgan fingerprint density at radius 1 is 1.17 bits per heavy atom. The van der Waals surface area contributed by atoms with Gasteiger partial charge in [-0.25, -0.2) is 0 Å². The van der Waals surface area contributed by atoms with Crippen molar-refractivity contribution in [3.8, 4) is 0 Å². The van der Waals surface area contributed by atoms with Crippen molar-refractivity contribution in [1.82, 2.24) is 0 Å². The fourth-order valence-electron chi connectivity index (χ4n) is 1.55. The second-order valence-electron chi connectivity index (χ2n) is 3.84. The molecule has 0 aliphatic carbocycles. The minimum Gasteiger partial charge on any atom is -0.303 e. The van der Waals surface area contributed by atoms with Gasteiger partial charge in [0.15, 0.2) is 0 Å². The summed E-state index contributed by atoms with van der Waals surface area (Å²) in [6, 6.07) is 0. The Labute approximate surface area is 76.6 Å². The molecule has 0 N–H and O–H groups in total. The summed E-state index contributed by atoms with van der Waals surface area (Å²) in [5.41, 5.74) is 0. The van der Waals surface area contributed by atoms with Gasteiger partial charge >= 0.3 is 0 Å². The molecule has 0 saturated heterocycles. The third kappa shape index (κ3) is 5.34. The molecule has 0 aliphatic heterocycles. The Balaban J connectivity index is 3.41. The van der Waals surface area contributed by atoms with E-state index in [1.165, 1.54) is 19.3 Å². The molecule has 0 aromatic rings. The summed E-state index contributed by atoms with van der Waals surface area (Å²) in [6.07, 6.45) is 6.64. The summed E-state index contributed by atoms with van der Waals surface area (Å²) >= 11 is 0. The van der Waals surface area contributed by atoms with Gasteiger partial charge in [-0.1, -0.05) is 40.0 Å². The van der Waals surface area contributed by atoms with E-state index < -0.39 is 0 Å². The molecule has 2 unspecified atom stereocenters. The molecule has 0 aromatic carbocycles. The highest BCUT2D eigenvalue weighted by Gasteiger charge is 2.09. The highest BCUT2D eigenvalue weighted by Crippen LogP contribution is 2.21. The molecule has 0 rings (SSSR count). The average molecular weight is 170 g/mol. The maximum Gasteiger partial charge on any atom is 0.119 e. The molecule has 0 heterocycles. The maximum atomic E-state index is 10.1. The van der Waals surface area contributed by atoms with Gasteiger partial charge in [0.1, 0.15) is 6.29 Å². The second-order valence-corrected chi connectivity index (χ2v) is 3.84. The Morgan fingerprint density at radius 3 is 2.25 bits per heavy atom. The van der Waals surface area contributed by atoms with Gasteiger partial charge in [-0.15, -0.1) is 0 Å². The van der Waals surface area contributed by atoms with Crippen molar-refractivity contribution in [2.24, 2.45) is 11.8 Å². The van der Waals surface area contributed by atoms with Crippen molar-refractivity contribution in [3.05, 3.63) is 0 Å². The van der Waals surface area contributed by atoms with E-state index in [2.05, 4.69) is 20.8 Å². The van der Waals surface area contributed by atoms with Crippen LogP contribution < -0.4 is 0 Å². The van der Waals surface area contributed by atoms with Crippen LogP contribution in [0.4, 0.5) is 0 Å². The summed E-state index contributed by atoms with van der Waals surface area (Å²) in [5, 5.41) is 0. The van der Waals surface area contributed by atoms with Gasteiger partial charge in [-0.05, 0) is 18.3 Å². The van der Waals surface area contributed by atoms with E-state index in [1.54, 1.807) is 0 Å². The lowest BCUT2D eigenvalue weighted by Crippen LogP contribution is -2.07. The standard InChI is InChI=1S/C11H22O/c1-4-7-10(2)11(3)8-5-6-9-12/h9-11H,4-8H2,1-3H3. The van der Waals surface area contributed by atoms with Crippen LogP contribution in [0.25, 0.3) is 0 Å². The van der Waals surface area contributed by atoms with E-state index in [0.29, 0.717) is 0 Å². The first-order chi connectivity index (χ1) is 5.72. The predicted molar refractivity (Wildman–Crippen MR) is 53.2 cm³/mol. The number of aldehydes is 1. The number of carbonyl (C=O) groups is 1. The predicted octanol–water partition coefficient (Wildman–Crippen LogP) is 3.43. The first-order valence-electron chi connectivity index (χ1n) is 5.16. The van der Waals surface area contributed by atoms with Crippen LogP contribution in [0.15, 0.2) is 0 Å². The SMILES string of the molecule is CCCC(C)C(C)CCCC=O. The normalized spacial score (nSPS) is 15.6. The zero-order valence-electron chi connectivity index (χ0n) is 8.68. The zero-order chi connectivity index (χ0) is 9.40. The molecule has 72 valence electrons. The largest absolute Gasteiger partial charge is 0.303 e. The van der Waals surface area contributed by atoms with Crippen molar-refractivity contribution in [3.63, 3.8) is 0 Å². The molecule has 0 saturated carbocycles. The average Bonchev–Trinajstić information content (AvgIpc) is 2.05. The third-order valence-corrected chi connectivity index (χ3v) is 2.70. The van der Waals surface area contributed by atoms with Crippen LogP contribution in [-0.4, -0.2) is 6.29 Å². The lowest BCUT2D eigenvalue weighted by atomic mass is 9.88. The second kappa shape index (κ2) is 7.33. The number of hydrogen-bond acceptors (Lipinski definition) is 1. The van der Waals surface area contributed by atoms with Crippen LogP contribution in [-0.2, 0) is 4.79 Å². The fraction of sp³-hybridized carbons (Fsp3) is 0.909. The van der Waals surface area contributed by atoms with E-state index in [0.717, 1.165) is 31.0 Å². The van der Waals surface area contributed by atoms with Gasteiger partial charge < -0.3 is 4.79 Å². The summed E-state index contributed by atoms with van der Waals surface area (Å²) in [4.78, 5) is 10.1. The molecule has 1 nitrogen and oxygen atoms in total. The lowest BCUT2D eigenvalue weighted by molar-refractivity contribution is -0.108. The van der Waals surface area contributed by atoms with Gasteiger partial charge in [0, 0.05) is 6.42 Å². The first-order valence-corrected chi connectivity index (χ1v) is 5.16. The molecule has 0 spiro atoms. The smallest absolute Gasteiger partial charge is 0.119 e. The number of unbranched alkanes of at least 4 members (excludes halogenated alkanes) is 1. The summed E-state index contributed by atoms with van der Waals surface area (Å²) < 4.78 is 0. The van der Waals surface area contributed by atoms with Crippen molar-refractivity contribution in [2.45, 2.75) is 52.9 Å². The van der Waals surface area contributed by atoms with Crippen LogP contribution in [0.5, 0.6) is 0 Å². The topological polar surface area (TPSA) is 17.1 Å². The molecule has 0 bridgehead atoms. The van der Waals surface area contributed by atoms with E-state index in [-0.39, 0.29) is 0 Å². The van der Waals surface area contributed by atoms with E-state index in [1.807, 2.05) is 0 Å². The van der Waals surface area contributed by atoms with Crippen LogP contribution in [0.1, 0.15) is 52.9 Å². The first kappa shape index (κ1) is 11.7. The van der Waals surface area contributed by atoms with Crippen molar-refractivity contribution in [2.75, 3.05) is 0 Å². The van der Waals surface area contributed by atoms with Crippen molar-refractivity contribution >= 4 is 6.29 Å². The molecule has 0 radical (unpaired) electrons. The molecule has 12 heavy (non-hydrogen) atoms. The van der Waals surface area contributed by atoms with Crippen LogP contribution in [0, 0.1) is 11.8 Å². The summed E-state index contributed by atoms with van der Waals surface area (Å²) in [5.74, 6) is 1.60. The molecule has 0 fully saturated rings. The summed E-state index contributed by atoms with van der Waals surface area (Å²) in [6.45, 7) is 6.84. The Bertz CT molecular complexity index is 110. The van der Waals surface area contributed by atoms with E-state index in [9.17, 15) is 4.79 Å². The fourth-order valence-corrected chi connectivity index (χ4v) is 1.55. The molecule has 2 atom stereocenters. The van der Waals surface area contributed by atoms with Crippen molar-refractivity contribution < 1.29 is 4.79 Å². The summed E-state index contributed by atoms with van der Waals surface area (Å²) in [7, 11) is 0. The highest BCUT2D eigenvalue weighted by atomic mass is 16.1. The third-order valence-electron chi connectivity index (χ3n) is 2.70. The number of carbonyl (C=O) groups excluding carboxylic acids is 1. The molecular formula is C11H22O. The van der Waals surface area contributed by atoms with Gasteiger partial charge in [0.05, 0.1) is 0 Å². The van der Waals surface area contributed by atoms with Gasteiger partial charge in [0.2, 0.25) is 0 Å². The Hall–Kier alpha value is -0.330. The lowest BCUT2D eigenvalue weighted by Gasteiger charge is -2.18. The van der Waals surface area contributed by atoms with Crippen LogP contribution in [0.3, 0.4) is 0 Å². The van der Waals surface area contributed by atoms with Crippen molar-refractivity contribution in [1.29, 1.82) is 0 Å². The van der Waals surface area contributed by atoms with Gasteiger partial charge in [-0.2, -0.15) is 0 Å². The highest BCUT2D eigenvalue weighted by molar-refractivity contribution is 5.48. The van der Waals surface area contributed by atoms with Gasteiger partial charge in [-0.3, -0.25) is 0 Å².